The highest BCUT2D eigenvalue weighted by molar-refractivity contribution is 6.30. The number of rotatable bonds is 4. The molecular formula is C20H23ClFNO+. The van der Waals surface area contributed by atoms with Gasteiger partial charge in [0.2, 0.25) is 0 Å². The fourth-order valence-corrected chi connectivity index (χ4v) is 3.69. The van der Waals surface area contributed by atoms with Crippen molar-refractivity contribution in [1.29, 1.82) is 0 Å². The zero-order valence-corrected chi connectivity index (χ0v) is 14.7. The number of nitrogens with zero attached hydrogens (tertiary/aromatic N) is 1. The van der Waals surface area contributed by atoms with Crippen molar-refractivity contribution in [3.8, 4) is 0 Å². The molecule has 0 saturated carbocycles. The number of halogens is 2. The summed E-state index contributed by atoms with van der Waals surface area (Å²) in [7, 11) is 0. The van der Waals surface area contributed by atoms with Crippen LogP contribution < -0.4 is 4.48 Å². The predicted molar refractivity (Wildman–Crippen MR) is 97.6 cm³/mol. The van der Waals surface area contributed by atoms with Gasteiger partial charge in [0, 0.05) is 30.5 Å². The van der Waals surface area contributed by atoms with Crippen LogP contribution >= 0.6 is 11.6 Å². The Labute approximate surface area is 148 Å². The number of ether oxygens (including phenoxy) is 1. The summed E-state index contributed by atoms with van der Waals surface area (Å²) in [5.41, 5.74) is 2.31. The SMILES string of the molecule is [CH2]C[N+]1(c2ccc(Cl)cc2)C[C@@H](Cc2ccc(F)cc2)OC[C@@H]1C. The molecule has 0 N–H and O–H groups in total. The van der Waals surface area contributed by atoms with Crippen molar-refractivity contribution in [1.82, 2.24) is 4.48 Å². The fourth-order valence-electron chi connectivity index (χ4n) is 3.56. The summed E-state index contributed by atoms with van der Waals surface area (Å²) in [4.78, 5) is 0. The van der Waals surface area contributed by atoms with Gasteiger partial charge < -0.3 is 4.74 Å². The third-order valence-corrected chi connectivity index (χ3v) is 5.31. The molecule has 0 aliphatic carbocycles. The Morgan fingerprint density at radius 2 is 1.83 bits per heavy atom. The fraction of sp³-hybridized carbons (Fsp3) is 0.350. The lowest BCUT2D eigenvalue weighted by atomic mass is 10.0. The molecule has 1 radical (unpaired) electrons. The van der Waals surface area contributed by atoms with Gasteiger partial charge in [0.05, 0.1) is 13.2 Å². The van der Waals surface area contributed by atoms with Crippen LogP contribution in [-0.2, 0) is 11.2 Å². The van der Waals surface area contributed by atoms with Crippen LogP contribution in [-0.4, -0.2) is 31.8 Å². The van der Waals surface area contributed by atoms with E-state index in [9.17, 15) is 4.39 Å². The van der Waals surface area contributed by atoms with Crippen LogP contribution in [0.4, 0.5) is 10.1 Å². The van der Waals surface area contributed by atoms with E-state index in [4.69, 9.17) is 16.3 Å². The van der Waals surface area contributed by atoms with Crippen molar-refractivity contribution < 1.29 is 9.13 Å². The summed E-state index contributed by atoms with van der Waals surface area (Å²) in [5, 5.41) is 0.740. The maximum atomic E-state index is 13.1. The second kappa shape index (κ2) is 7.22. The molecule has 1 aliphatic rings. The molecule has 0 amide bonds. The smallest absolute Gasteiger partial charge is 0.133 e. The first-order valence-electron chi connectivity index (χ1n) is 8.31. The van der Waals surface area contributed by atoms with Crippen LogP contribution in [0.5, 0.6) is 0 Å². The average Bonchev–Trinajstić information content (AvgIpc) is 2.59. The normalized spacial score (nSPS) is 27.2. The van der Waals surface area contributed by atoms with Gasteiger partial charge in [0.25, 0.3) is 0 Å². The van der Waals surface area contributed by atoms with Gasteiger partial charge in [0.15, 0.2) is 0 Å². The second-order valence-corrected chi connectivity index (χ2v) is 6.99. The maximum absolute atomic E-state index is 13.1. The van der Waals surface area contributed by atoms with Gasteiger partial charge in [-0.2, -0.15) is 0 Å². The number of benzene rings is 2. The highest BCUT2D eigenvalue weighted by atomic mass is 35.5. The molecule has 1 aliphatic heterocycles. The van der Waals surface area contributed by atoms with E-state index < -0.39 is 0 Å². The average molecular weight is 348 g/mol. The lowest BCUT2D eigenvalue weighted by Gasteiger charge is -2.48. The van der Waals surface area contributed by atoms with E-state index in [2.05, 4.69) is 26.0 Å². The van der Waals surface area contributed by atoms with E-state index in [1.807, 2.05) is 24.3 Å². The molecule has 3 atom stereocenters. The molecule has 1 heterocycles. The van der Waals surface area contributed by atoms with Crippen molar-refractivity contribution in [3.05, 3.63) is 71.9 Å². The number of morpholine rings is 1. The Balaban J connectivity index is 1.83. The standard InChI is InChI=1S/C20H23ClFNO/c1-3-23(19-10-6-17(21)7-11-19)13-20(24-14-15(23)2)12-16-4-8-18(22)9-5-16/h4-11,15,20H,1,3,12-14H2,2H3/q+1/t15-,20+,23?/m0/s1. The third-order valence-electron chi connectivity index (χ3n) is 5.06. The molecule has 0 aromatic heterocycles. The van der Waals surface area contributed by atoms with Crippen LogP contribution in [0.2, 0.25) is 5.02 Å². The summed E-state index contributed by atoms with van der Waals surface area (Å²) in [5.74, 6) is -0.207. The molecule has 127 valence electrons. The molecule has 0 spiro atoms. The number of quaternary nitrogens is 1. The Hall–Kier alpha value is -1.42. The van der Waals surface area contributed by atoms with E-state index in [1.54, 1.807) is 0 Å². The van der Waals surface area contributed by atoms with Gasteiger partial charge in [-0.05, 0) is 36.8 Å². The van der Waals surface area contributed by atoms with Crippen LogP contribution in [0.25, 0.3) is 0 Å². The molecule has 1 fully saturated rings. The predicted octanol–water partition coefficient (Wildman–Crippen LogP) is 4.65. The van der Waals surface area contributed by atoms with E-state index in [-0.39, 0.29) is 11.9 Å². The van der Waals surface area contributed by atoms with Gasteiger partial charge >= 0.3 is 0 Å². The molecule has 24 heavy (non-hydrogen) atoms. The molecule has 3 rings (SSSR count). The van der Waals surface area contributed by atoms with E-state index >= 15 is 0 Å². The van der Waals surface area contributed by atoms with E-state index in [0.29, 0.717) is 12.6 Å². The topological polar surface area (TPSA) is 9.23 Å². The molecule has 2 nitrogen and oxygen atoms in total. The van der Waals surface area contributed by atoms with Crippen LogP contribution in [0.15, 0.2) is 48.5 Å². The van der Waals surface area contributed by atoms with Crippen molar-refractivity contribution >= 4 is 17.3 Å². The molecular weight excluding hydrogens is 325 g/mol. The zero-order chi connectivity index (χ0) is 17.2. The number of hydrogen-bond acceptors (Lipinski definition) is 1. The van der Waals surface area contributed by atoms with Gasteiger partial charge in [0.1, 0.15) is 30.2 Å². The molecule has 0 bridgehead atoms. The lowest BCUT2D eigenvalue weighted by molar-refractivity contribution is -0.0498. The quantitative estimate of drug-likeness (QED) is 0.731. The van der Waals surface area contributed by atoms with Crippen molar-refractivity contribution in [3.63, 3.8) is 0 Å². The lowest BCUT2D eigenvalue weighted by Crippen LogP contribution is -2.64. The largest absolute Gasteiger partial charge is 0.366 e. The molecule has 4 heteroatoms. The first kappa shape index (κ1) is 17.4. The van der Waals surface area contributed by atoms with Crippen LogP contribution in [0, 0.1) is 12.7 Å². The summed E-state index contributed by atoms with van der Waals surface area (Å²) < 4.78 is 19.9. The molecule has 1 saturated heterocycles. The Bertz CT molecular complexity index is 673. The minimum Gasteiger partial charge on any atom is -0.366 e. The van der Waals surface area contributed by atoms with Gasteiger partial charge in [-0.1, -0.05) is 23.7 Å². The molecule has 1 unspecified atom stereocenters. The number of hydrogen-bond donors (Lipinski definition) is 0. The first-order chi connectivity index (χ1) is 11.5. The Morgan fingerprint density at radius 1 is 1.17 bits per heavy atom. The van der Waals surface area contributed by atoms with E-state index in [0.717, 1.165) is 34.6 Å². The van der Waals surface area contributed by atoms with Gasteiger partial charge in [-0.15, -0.1) is 0 Å². The van der Waals surface area contributed by atoms with Crippen molar-refractivity contribution in [2.45, 2.75) is 25.5 Å². The van der Waals surface area contributed by atoms with Crippen LogP contribution in [0.3, 0.4) is 0 Å². The maximum Gasteiger partial charge on any atom is 0.133 e. The minimum absolute atomic E-state index is 0.0871. The van der Waals surface area contributed by atoms with Gasteiger partial charge in [-0.3, -0.25) is 4.48 Å². The van der Waals surface area contributed by atoms with Crippen LogP contribution in [0.1, 0.15) is 12.5 Å². The molecule has 2 aromatic rings. The van der Waals surface area contributed by atoms with E-state index in [1.165, 1.54) is 17.8 Å². The minimum atomic E-state index is -0.207. The van der Waals surface area contributed by atoms with Gasteiger partial charge in [-0.25, -0.2) is 4.39 Å². The third kappa shape index (κ3) is 3.49. The monoisotopic (exact) mass is 347 g/mol. The summed E-state index contributed by atoms with van der Waals surface area (Å²) in [6, 6.07) is 15.0. The van der Waals surface area contributed by atoms with Crippen molar-refractivity contribution in [2.24, 2.45) is 0 Å². The Morgan fingerprint density at radius 3 is 2.46 bits per heavy atom. The summed E-state index contributed by atoms with van der Waals surface area (Å²) >= 11 is 6.05. The zero-order valence-electron chi connectivity index (χ0n) is 13.9. The first-order valence-corrected chi connectivity index (χ1v) is 8.69. The summed E-state index contributed by atoms with van der Waals surface area (Å²) in [6.07, 6.45) is 0.865. The highest BCUT2D eigenvalue weighted by Gasteiger charge is 2.42. The Kier molecular flexibility index (Phi) is 5.24. The highest BCUT2D eigenvalue weighted by Crippen LogP contribution is 2.32. The molecule has 2 aromatic carbocycles. The summed E-state index contributed by atoms with van der Waals surface area (Å²) in [6.45, 7) is 8.71. The van der Waals surface area contributed by atoms with Crippen molar-refractivity contribution in [2.75, 3.05) is 19.7 Å². The second-order valence-electron chi connectivity index (χ2n) is 6.55.